The van der Waals surface area contributed by atoms with E-state index in [1.165, 1.54) is 0 Å². The molecule has 0 atom stereocenters. The molecule has 0 spiro atoms. The second-order valence-electron chi connectivity index (χ2n) is 4.54. The van der Waals surface area contributed by atoms with Crippen molar-refractivity contribution in [2.45, 2.75) is 18.2 Å². The monoisotopic (exact) mass is 357 g/mol. The zero-order valence-corrected chi connectivity index (χ0v) is 13.7. The summed E-state index contributed by atoms with van der Waals surface area (Å²) in [4.78, 5) is 0.299. The van der Waals surface area contributed by atoms with Crippen LogP contribution in [0.3, 0.4) is 0 Å². The summed E-state index contributed by atoms with van der Waals surface area (Å²) in [6.45, 7) is 2.10. The molecule has 0 unspecified atom stereocenters. The Kier molecular flexibility index (Phi) is 4.62. The number of nitrogens with one attached hydrogen (secondary N) is 1. The highest BCUT2D eigenvalue weighted by Gasteiger charge is 2.16. The summed E-state index contributed by atoms with van der Waals surface area (Å²) in [5.74, 6) is 0. The largest absolute Gasteiger partial charge is 0.276 e. The van der Waals surface area contributed by atoms with Crippen molar-refractivity contribution in [2.24, 2.45) is 7.05 Å². The second kappa shape index (κ2) is 6.07. The topological polar surface area (TPSA) is 64.0 Å². The van der Waals surface area contributed by atoms with E-state index in [1.807, 2.05) is 25.4 Å². The predicted molar refractivity (Wildman–Crippen MR) is 81.0 cm³/mol. The number of aromatic nitrogens is 2. The van der Waals surface area contributed by atoms with Crippen molar-refractivity contribution >= 4 is 26.0 Å². The van der Waals surface area contributed by atoms with E-state index in [2.05, 4.69) is 25.8 Å². The van der Waals surface area contributed by atoms with E-state index in [0.717, 1.165) is 15.7 Å². The molecular formula is C13H16BrN3O2S. The third kappa shape index (κ3) is 3.68. The van der Waals surface area contributed by atoms with E-state index in [9.17, 15) is 8.42 Å². The molecule has 0 saturated heterocycles. The summed E-state index contributed by atoms with van der Waals surface area (Å²) in [6, 6.07) is 7.08. The van der Waals surface area contributed by atoms with Gasteiger partial charge in [-0.15, -0.1) is 0 Å². The highest BCUT2D eigenvalue weighted by atomic mass is 79.9. The van der Waals surface area contributed by atoms with Crippen LogP contribution in [-0.2, 0) is 23.5 Å². The summed E-state index contributed by atoms with van der Waals surface area (Å²) in [6.07, 6.45) is 2.40. The minimum Gasteiger partial charge on any atom is -0.276 e. The molecule has 0 aliphatic carbocycles. The third-order valence-corrected chi connectivity index (χ3v) is 4.98. The van der Waals surface area contributed by atoms with Gasteiger partial charge in [-0.1, -0.05) is 22.0 Å². The van der Waals surface area contributed by atoms with Gasteiger partial charge in [0.15, 0.2) is 0 Å². The number of nitrogens with zero attached hydrogens (tertiary/aromatic N) is 2. The van der Waals surface area contributed by atoms with Crippen LogP contribution in [0.15, 0.2) is 39.8 Å². The van der Waals surface area contributed by atoms with Gasteiger partial charge in [0, 0.05) is 30.7 Å². The maximum absolute atomic E-state index is 12.2. The lowest BCUT2D eigenvalue weighted by molar-refractivity contribution is 0.580. The zero-order chi connectivity index (χ0) is 14.8. The van der Waals surface area contributed by atoms with Gasteiger partial charge in [-0.05, 0) is 30.7 Å². The van der Waals surface area contributed by atoms with Gasteiger partial charge in [0.2, 0.25) is 10.0 Å². The fourth-order valence-electron chi connectivity index (χ4n) is 1.85. The minimum atomic E-state index is -3.49. The summed E-state index contributed by atoms with van der Waals surface area (Å²) in [5.41, 5.74) is 1.58. The fourth-order valence-corrected chi connectivity index (χ4v) is 3.66. The SMILES string of the molecule is Cc1ccc(Br)cc1S(=O)(=O)NCCc1ccn(C)n1. The first-order chi connectivity index (χ1) is 9.38. The van der Waals surface area contributed by atoms with Crippen LogP contribution in [0.1, 0.15) is 11.3 Å². The van der Waals surface area contributed by atoms with Crippen LogP contribution < -0.4 is 4.72 Å². The molecule has 1 N–H and O–H groups in total. The minimum absolute atomic E-state index is 0.299. The maximum atomic E-state index is 12.2. The standard InChI is InChI=1S/C13H16BrN3O2S/c1-10-3-4-11(14)9-13(10)20(18,19)15-7-5-12-6-8-17(2)16-12/h3-4,6,8-9,15H,5,7H2,1-2H3. The highest BCUT2D eigenvalue weighted by Crippen LogP contribution is 2.20. The number of hydrogen-bond donors (Lipinski definition) is 1. The third-order valence-electron chi connectivity index (χ3n) is 2.88. The summed E-state index contributed by atoms with van der Waals surface area (Å²) >= 11 is 3.29. The molecule has 1 heterocycles. The number of halogens is 1. The Morgan fingerprint density at radius 3 is 2.75 bits per heavy atom. The molecule has 108 valence electrons. The molecule has 5 nitrogen and oxygen atoms in total. The lowest BCUT2D eigenvalue weighted by Gasteiger charge is -2.09. The Morgan fingerprint density at radius 1 is 1.35 bits per heavy atom. The number of sulfonamides is 1. The Balaban J connectivity index is 2.06. The molecule has 1 aromatic carbocycles. The molecule has 0 amide bonds. The Bertz CT molecular complexity index is 710. The average Bonchev–Trinajstić information content (AvgIpc) is 2.78. The molecule has 0 saturated carbocycles. The van der Waals surface area contributed by atoms with Gasteiger partial charge in [0.05, 0.1) is 10.6 Å². The quantitative estimate of drug-likeness (QED) is 0.889. The van der Waals surface area contributed by atoms with Gasteiger partial charge < -0.3 is 0 Å². The molecular weight excluding hydrogens is 342 g/mol. The van der Waals surface area contributed by atoms with Crippen LogP contribution in [0.25, 0.3) is 0 Å². The van der Waals surface area contributed by atoms with Gasteiger partial charge in [0.25, 0.3) is 0 Å². The van der Waals surface area contributed by atoms with Crippen molar-refractivity contribution in [1.29, 1.82) is 0 Å². The summed E-state index contributed by atoms with van der Waals surface area (Å²) in [5, 5.41) is 4.21. The smallest absolute Gasteiger partial charge is 0.240 e. The average molecular weight is 358 g/mol. The van der Waals surface area contributed by atoms with Crippen molar-refractivity contribution in [1.82, 2.24) is 14.5 Å². The molecule has 0 fully saturated rings. The number of rotatable bonds is 5. The van der Waals surface area contributed by atoms with E-state index < -0.39 is 10.0 Å². The summed E-state index contributed by atoms with van der Waals surface area (Å²) in [7, 11) is -1.66. The molecule has 2 aromatic rings. The number of aryl methyl sites for hydroxylation is 2. The van der Waals surface area contributed by atoms with Gasteiger partial charge in [-0.3, -0.25) is 4.68 Å². The molecule has 20 heavy (non-hydrogen) atoms. The molecule has 0 aliphatic heterocycles. The normalized spacial score (nSPS) is 11.8. The van der Waals surface area contributed by atoms with Crippen molar-refractivity contribution in [3.05, 3.63) is 46.2 Å². The first kappa shape index (κ1) is 15.2. The Hall–Kier alpha value is -1.18. The van der Waals surface area contributed by atoms with E-state index >= 15 is 0 Å². The van der Waals surface area contributed by atoms with E-state index in [4.69, 9.17) is 0 Å². The molecule has 0 radical (unpaired) electrons. The van der Waals surface area contributed by atoms with Crippen molar-refractivity contribution in [3.63, 3.8) is 0 Å². The number of benzene rings is 1. The molecule has 1 aromatic heterocycles. The van der Waals surface area contributed by atoms with Crippen molar-refractivity contribution in [3.8, 4) is 0 Å². The zero-order valence-electron chi connectivity index (χ0n) is 11.3. The molecule has 0 aliphatic rings. The van der Waals surface area contributed by atoms with Crippen LogP contribution in [0.4, 0.5) is 0 Å². The van der Waals surface area contributed by atoms with E-state index in [0.29, 0.717) is 17.9 Å². The first-order valence-corrected chi connectivity index (χ1v) is 8.40. The first-order valence-electron chi connectivity index (χ1n) is 6.13. The molecule has 7 heteroatoms. The van der Waals surface area contributed by atoms with Gasteiger partial charge in [-0.2, -0.15) is 5.10 Å². The van der Waals surface area contributed by atoms with Gasteiger partial charge in [-0.25, -0.2) is 13.1 Å². The van der Waals surface area contributed by atoms with Crippen LogP contribution in [0.5, 0.6) is 0 Å². The van der Waals surface area contributed by atoms with Crippen LogP contribution in [-0.4, -0.2) is 24.7 Å². The molecule has 2 rings (SSSR count). The molecule has 0 bridgehead atoms. The van der Waals surface area contributed by atoms with Gasteiger partial charge >= 0.3 is 0 Å². The van der Waals surface area contributed by atoms with Crippen LogP contribution in [0.2, 0.25) is 0 Å². The van der Waals surface area contributed by atoms with E-state index in [1.54, 1.807) is 23.7 Å². The predicted octanol–water partition coefficient (Wildman–Crippen LogP) is 2.01. The highest BCUT2D eigenvalue weighted by molar-refractivity contribution is 9.10. The second-order valence-corrected chi connectivity index (χ2v) is 7.19. The Morgan fingerprint density at radius 2 is 2.10 bits per heavy atom. The summed E-state index contributed by atoms with van der Waals surface area (Å²) < 4.78 is 29.5. The lowest BCUT2D eigenvalue weighted by Crippen LogP contribution is -2.26. The number of hydrogen-bond acceptors (Lipinski definition) is 3. The van der Waals surface area contributed by atoms with E-state index in [-0.39, 0.29) is 0 Å². The van der Waals surface area contributed by atoms with Gasteiger partial charge in [0.1, 0.15) is 0 Å². The Labute approximate surface area is 127 Å². The van der Waals surface area contributed by atoms with Crippen LogP contribution in [0, 0.1) is 6.92 Å². The van der Waals surface area contributed by atoms with Crippen LogP contribution >= 0.6 is 15.9 Å². The van der Waals surface area contributed by atoms with Crippen molar-refractivity contribution < 1.29 is 8.42 Å². The van der Waals surface area contributed by atoms with Crippen molar-refractivity contribution in [2.75, 3.05) is 6.54 Å². The lowest BCUT2D eigenvalue weighted by atomic mass is 10.2. The fraction of sp³-hybridized carbons (Fsp3) is 0.308. The maximum Gasteiger partial charge on any atom is 0.240 e.